The van der Waals surface area contributed by atoms with E-state index in [1.54, 1.807) is 24.7 Å². The van der Waals surface area contributed by atoms with Gasteiger partial charge in [0.15, 0.2) is 11.6 Å². The standard InChI is InChI=1S/C20H17N3O2/c1-14-21-11-18(25-14)20-19(16-7-3-2-4-8-16)22-13-23(20)12-15-6-5-9-17(24)10-15/h2-11,13,21,24H,1,12H2. The van der Waals surface area contributed by atoms with Crippen LogP contribution in [0.1, 0.15) is 11.3 Å². The second-order valence-corrected chi connectivity index (χ2v) is 5.78. The lowest BCUT2D eigenvalue weighted by molar-refractivity contribution is 0.383. The minimum Gasteiger partial charge on any atom is -0.508 e. The van der Waals surface area contributed by atoms with Gasteiger partial charge in [-0.05, 0) is 24.3 Å². The van der Waals surface area contributed by atoms with Crippen molar-refractivity contribution in [1.82, 2.24) is 14.9 Å². The Morgan fingerprint density at radius 1 is 1.12 bits per heavy atom. The van der Waals surface area contributed by atoms with E-state index in [1.165, 1.54) is 0 Å². The zero-order valence-corrected chi connectivity index (χ0v) is 13.5. The van der Waals surface area contributed by atoms with Gasteiger partial charge in [0.2, 0.25) is 0 Å². The smallest absolute Gasteiger partial charge is 0.190 e. The highest BCUT2D eigenvalue weighted by molar-refractivity contribution is 5.75. The maximum Gasteiger partial charge on any atom is 0.190 e. The second-order valence-electron chi connectivity index (χ2n) is 5.78. The summed E-state index contributed by atoms with van der Waals surface area (Å²) in [4.78, 5) is 4.60. The van der Waals surface area contributed by atoms with Crippen molar-refractivity contribution in [2.24, 2.45) is 0 Å². The zero-order chi connectivity index (χ0) is 17.2. The van der Waals surface area contributed by atoms with Gasteiger partial charge in [-0.15, -0.1) is 0 Å². The highest BCUT2D eigenvalue weighted by Crippen LogP contribution is 2.31. The number of aromatic nitrogens is 2. The summed E-state index contributed by atoms with van der Waals surface area (Å²) in [5.74, 6) is 1.40. The number of phenols is 1. The molecule has 0 radical (unpaired) electrons. The molecule has 0 atom stereocenters. The Balaban J connectivity index is 1.79. The van der Waals surface area contributed by atoms with Gasteiger partial charge in [-0.1, -0.05) is 42.5 Å². The van der Waals surface area contributed by atoms with E-state index in [2.05, 4.69) is 16.9 Å². The molecule has 3 aromatic rings. The van der Waals surface area contributed by atoms with E-state index in [0.29, 0.717) is 18.2 Å². The van der Waals surface area contributed by atoms with E-state index in [1.807, 2.05) is 47.0 Å². The van der Waals surface area contributed by atoms with Crippen LogP contribution in [0.3, 0.4) is 0 Å². The van der Waals surface area contributed by atoms with E-state index in [0.717, 1.165) is 22.5 Å². The van der Waals surface area contributed by atoms with Crippen molar-refractivity contribution >= 4 is 5.76 Å². The monoisotopic (exact) mass is 331 g/mol. The predicted molar refractivity (Wildman–Crippen MR) is 96.2 cm³/mol. The molecule has 2 N–H and O–H groups in total. The number of benzene rings is 2. The van der Waals surface area contributed by atoms with Gasteiger partial charge < -0.3 is 19.7 Å². The molecule has 0 spiro atoms. The largest absolute Gasteiger partial charge is 0.508 e. The van der Waals surface area contributed by atoms with Gasteiger partial charge in [0, 0.05) is 18.3 Å². The maximum atomic E-state index is 9.71. The summed E-state index contributed by atoms with van der Waals surface area (Å²) in [5.41, 5.74) is 3.68. The topological polar surface area (TPSA) is 59.3 Å². The predicted octanol–water partition coefficient (Wildman–Crippen LogP) is 3.69. The molecule has 2 heterocycles. The van der Waals surface area contributed by atoms with Crippen LogP contribution in [0.5, 0.6) is 5.75 Å². The van der Waals surface area contributed by atoms with Gasteiger partial charge in [-0.25, -0.2) is 4.98 Å². The molecule has 124 valence electrons. The van der Waals surface area contributed by atoms with Crippen molar-refractivity contribution in [2.75, 3.05) is 0 Å². The number of phenolic OH excluding ortho intramolecular Hbond substituents is 1. The first-order valence-electron chi connectivity index (χ1n) is 7.93. The normalized spacial score (nSPS) is 13.3. The van der Waals surface area contributed by atoms with Crippen molar-refractivity contribution in [3.8, 4) is 17.0 Å². The summed E-state index contributed by atoms with van der Waals surface area (Å²) in [6, 6.07) is 17.2. The lowest BCUT2D eigenvalue weighted by atomic mass is 10.1. The van der Waals surface area contributed by atoms with E-state index in [4.69, 9.17) is 4.74 Å². The molecule has 0 saturated carbocycles. The van der Waals surface area contributed by atoms with E-state index >= 15 is 0 Å². The van der Waals surface area contributed by atoms with Crippen molar-refractivity contribution in [3.05, 3.63) is 90.8 Å². The number of aromatic hydroxyl groups is 1. The molecule has 5 nitrogen and oxygen atoms in total. The van der Waals surface area contributed by atoms with Crippen LogP contribution in [0.4, 0.5) is 0 Å². The Labute approximate surface area is 145 Å². The minimum atomic E-state index is 0.244. The highest BCUT2D eigenvalue weighted by Gasteiger charge is 2.22. The molecule has 5 heteroatoms. The molecule has 0 aliphatic carbocycles. The van der Waals surface area contributed by atoms with Gasteiger partial charge in [0.25, 0.3) is 0 Å². The average molecular weight is 331 g/mol. The molecule has 4 rings (SSSR count). The molecule has 25 heavy (non-hydrogen) atoms. The molecule has 0 unspecified atom stereocenters. The van der Waals surface area contributed by atoms with Crippen LogP contribution in [0.25, 0.3) is 17.0 Å². The Morgan fingerprint density at radius 3 is 2.68 bits per heavy atom. The molecule has 0 bridgehead atoms. The van der Waals surface area contributed by atoms with Crippen LogP contribution in [-0.4, -0.2) is 14.7 Å². The number of rotatable bonds is 4. The number of hydrogen-bond acceptors (Lipinski definition) is 4. The van der Waals surface area contributed by atoms with E-state index in [-0.39, 0.29) is 5.75 Å². The van der Waals surface area contributed by atoms with E-state index < -0.39 is 0 Å². The molecular formula is C20H17N3O2. The molecule has 1 aliphatic heterocycles. The number of ether oxygens (including phenoxy) is 1. The minimum absolute atomic E-state index is 0.244. The third kappa shape index (κ3) is 2.99. The summed E-state index contributed by atoms with van der Waals surface area (Å²) in [6.07, 6.45) is 3.57. The van der Waals surface area contributed by atoms with Gasteiger partial charge in [-0.3, -0.25) is 0 Å². The van der Waals surface area contributed by atoms with Gasteiger partial charge in [-0.2, -0.15) is 0 Å². The Bertz CT molecular complexity index is 958. The van der Waals surface area contributed by atoms with Crippen LogP contribution in [0.15, 0.2) is 79.6 Å². The quantitative estimate of drug-likeness (QED) is 0.765. The third-order valence-electron chi connectivity index (χ3n) is 3.98. The van der Waals surface area contributed by atoms with Crippen LogP contribution < -0.4 is 5.32 Å². The van der Waals surface area contributed by atoms with E-state index in [9.17, 15) is 5.11 Å². The maximum absolute atomic E-state index is 9.71. The fraction of sp³-hybridized carbons (Fsp3) is 0.0500. The van der Waals surface area contributed by atoms with Crippen LogP contribution in [-0.2, 0) is 11.3 Å². The zero-order valence-electron chi connectivity index (χ0n) is 13.5. The number of imidazole rings is 1. The molecule has 0 amide bonds. The first kappa shape index (κ1) is 15.1. The lowest BCUT2D eigenvalue weighted by Crippen LogP contribution is -2.04. The third-order valence-corrected chi connectivity index (χ3v) is 3.98. The van der Waals surface area contributed by atoms with Gasteiger partial charge in [0.05, 0.1) is 12.0 Å². The fourth-order valence-electron chi connectivity index (χ4n) is 2.87. The summed E-state index contributed by atoms with van der Waals surface area (Å²) in [5, 5.41) is 12.7. The first-order valence-corrected chi connectivity index (χ1v) is 7.93. The van der Waals surface area contributed by atoms with Crippen molar-refractivity contribution in [3.63, 3.8) is 0 Å². The molecule has 2 aromatic carbocycles. The SMILES string of the molecule is C=C1NC=C(c2c(-c3ccccc3)ncn2Cc2cccc(O)c2)O1. The first-order chi connectivity index (χ1) is 12.2. The van der Waals surface area contributed by atoms with Crippen molar-refractivity contribution < 1.29 is 9.84 Å². The molecular weight excluding hydrogens is 314 g/mol. The Hall–Kier alpha value is -3.47. The Morgan fingerprint density at radius 2 is 1.96 bits per heavy atom. The molecule has 0 saturated heterocycles. The van der Waals surface area contributed by atoms with Crippen molar-refractivity contribution in [2.45, 2.75) is 6.54 Å². The number of nitrogens with zero attached hydrogens (tertiary/aromatic N) is 2. The van der Waals surface area contributed by atoms with Gasteiger partial charge >= 0.3 is 0 Å². The Kier molecular flexibility index (Phi) is 3.74. The molecule has 1 aliphatic rings. The average Bonchev–Trinajstić information content (AvgIpc) is 3.22. The summed E-state index contributed by atoms with van der Waals surface area (Å²) in [7, 11) is 0. The summed E-state index contributed by atoms with van der Waals surface area (Å²) < 4.78 is 7.72. The molecule has 1 aromatic heterocycles. The molecule has 0 fully saturated rings. The summed E-state index contributed by atoms with van der Waals surface area (Å²) >= 11 is 0. The highest BCUT2D eigenvalue weighted by atomic mass is 16.5. The van der Waals surface area contributed by atoms with Crippen LogP contribution in [0.2, 0.25) is 0 Å². The summed E-state index contributed by atoms with van der Waals surface area (Å²) in [6.45, 7) is 4.36. The second kappa shape index (κ2) is 6.20. The number of nitrogens with one attached hydrogen (secondary N) is 1. The fourth-order valence-corrected chi connectivity index (χ4v) is 2.87. The van der Waals surface area contributed by atoms with Crippen LogP contribution in [0, 0.1) is 0 Å². The number of hydrogen-bond donors (Lipinski definition) is 2. The van der Waals surface area contributed by atoms with Gasteiger partial charge in [0.1, 0.15) is 11.4 Å². The van der Waals surface area contributed by atoms with Crippen LogP contribution >= 0.6 is 0 Å². The lowest BCUT2D eigenvalue weighted by Gasteiger charge is -2.11. The van der Waals surface area contributed by atoms with Crippen molar-refractivity contribution in [1.29, 1.82) is 0 Å².